The Labute approximate surface area is 153 Å². The van der Waals surface area contributed by atoms with Gasteiger partial charge >= 0.3 is 0 Å². The molecule has 0 radical (unpaired) electrons. The second-order valence-corrected chi connectivity index (χ2v) is 6.44. The fourth-order valence-electron chi connectivity index (χ4n) is 2.90. The van der Waals surface area contributed by atoms with Gasteiger partial charge in [0, 0.05) is 5.69 Å². The Balaban J connectivity index is 1.51. The van der Waals surface area contributed by atoms with Gasteiger partial charge in [-0.1, -0.05) is 30.3 Å². The van der Waals surface area contributed by atoms with Gasteiger partial charge in [0.15, 0.2) is 12.6 Å². The molecule has 1 heterocycles. The van der Waals surface area contributed by atoms with Gasteiger partial charge in [0.1, 0.15) is 12.4 Å². The van der Waals surface area contributed by atoms with Crippen LogP contribution in [0, 0.1) is 0 Å². The lowest BCUT2D eigenvalue weighted by Crippen LogP contribution is -3.19. The minimum atomic E-state index is -0.282. The van der Waals surface area contributed by atoms with Crippen LogP contribution in [-0.2, 0) is 16.2 Å². The summed E-state index contributed by atoms with van der Waals surface area (Å²) in [6.45, 7) is 4.05. The van der Waals surface area contributed by atoms with Crippen LogP contribution < -0.4 is 20.3 Å². The number of quaternary nitrogens is 1. The number of carbonyl (C=O) groups is 2. The molecule has 1 aliphatic rings. The van der Waals surface area contributed by atoms with Crippen molar-refractivity contribution in [1.29, 1.82) is 0 Å². The number of hydrogen-bond donors (Lipinski definition) is 3. The Morgan fingerprint density at radius 3 is 2.62 bits per heavy atom. The lowest BCUT2D eigenvalue weighted by atomic mass is 10.2. The summed E-state index contributed by atoms with van der Waals surface area (Å²) in [5.74, 6) is 0.650. The second-order valence-electron chi connectivity index (χ2n) is 6.44. The summed E-state index contributed by atoms with van der Waals surface area (Å²) in [5.41, 5.74) is 1.82. The molecule has 2 aromatic rings. The highest BCUT2D eigenvalue weighted by molar-refractivity contribution is 5.93. The van der Waals surface area contributed by atoms with Gasteiger partial charge in [0.2, 0.25) is 0 Å². The number of amides is 2. The SMILES string of the molecule is C[C@H](C(=O)Nc1ccc(OCc2ccccc2)cc1)[NH+]1CCNC(=O)C1. The molecule has 1 saturated heterocycles. The number of nitrogens with one attached hydrogen (secondary N) is 3. The van der Waals surface area contributed by atoms with Gasteiger partial charge in [-0.25, -0.2) is 0 Å². The molecule has 3 rings (SSSR count). The van der Waals surface area contributed by atoms with Gasteiger partial charge in [-0.3, -0.25) is 9.59 Å². The van der Waals surface area contributed by atoms with Crippen molar-refractivity contribution in [2.24, 2.45) is 0 Å². The number of carbonyl (C=O) groups excluding carboxylic acids is 2. The topological polar surface area (TPSA) is 71.9 Å². The molecule has 1 aliphatic heterocycles. The first-order valence-electron chi connectivity index (χ1n) is 8.81. The van der Waals surface area contributed by atoms with Gasteiger partial charge < -0.3 is 20.3 Å². The van der Waals surface area contributed by atoms with Crippen molar-refractivity contribution in [3.63, 3.8) is 0 Å². The molecular weight excluding hydrogens is 330 g/mol. The Morgan fingerprint density at radius 1 is 1.19 bits per heavy atom. The molecule has 6 nitrogen and oxygen atoms in total. The van der Waals surface area contributed by atoms with Crippen molar-refractivity contribution in [3.8, 4) is 5.75 Å². The van der Waals surface area contributed by atoms with Gasteiger partial charge in [-0.05, 0) is 36.8 Å². The molecule has 0 bridgehead atoms. The Bertz CT molecular complexity index is 747. The number of ether oxygens (including phenoxy) is 1. The Hall–Kier alpha value is -2.86. The van der Waals surface area contributed by atoms with E-state index in [1.54, 1.807) is 0 Å². The van der Waals surface area contributed by atoms with Gasteiger partial charge in [0.25, 0.3) is 11.8 Å². The second kappa shape index (κ2) is 8.49. The molecular formula is C20H24N3O3+. The quantitative estimate of drug-likeness (QED) is 0.712. The van der Waals surface area contributed by atoms with Crippen LogP contribution in [0.2, 0.25) is 0 Å². The Morgan fingerprint density at radius 2 is 1.92 bits per heavy atom. The maximum atomic E-state index is 12.4. The average Bonchev–Trinajstić information content (AvgIpc) is 2.67. The highest BCUT2D eigenvalue weighted by Crippen LogP contribution is 2.17. The van der Waals surface area contributed by atoms with E-state index in [4.69, 9.17) is 4.74 Å². The molecule has 136 valence electrons. The molecule has 2 aromatic carbocycles. The van der Waals surface area contributed by atoms with Crippen LogP contribution in [0.3, 0.4) is 0 Å². The maximum absolute atomic E-state index is 12.4. The molecule has 26 heavy (non-hydrogen) atoms. The normalized spacial score (nSPS) is 17.9. The monoisotopic (exact) mass is 354 g/mol. The van der Waals surface area contributed by atoms with Crippen LogP contribution in [-0.4, -0.2) is 37.5 Å². The van der Waals surface area contributed by atoms with E-state index in [0.717, 1.165) is 28.4 Å². The third-order valence-corrected chi connectivity index (χ3v) is 4.53. The third kappa shape index (κ3) is 4.83. The van der Waals surface area contributed by atoms with Gasteiger partial charge in [-0.15, -0.1) is 0 Å². The Kier molecular flexibility index (Phi) is 5.86. The summed E-state index contributed by atoms with van der Waals surface area (Å²) >= 11 is 0. The van der Waals surface area contributed by atoms with Crippen LogP contribution in [0.1, 0.15) is 12.5 Å². The number of piperazine rings is 1. The fraction of sp³-hybridized carbons (Fsp3) is 0.300. The predicted octanol–water partition coefficient (Wildman–Crippen LogP) is 0.607. The summed E-state index contributed by atoms with van der Waals surface area (Å²) in [4.78, 5) is 24.9. The van der Waals surface area contributed by atoms with E-state index < -0.39 is 0 Å². The standard InChI is InChI=1S/C20H23N3O3/c1-15(23-12-11-21-19(24)13-23)20(25)22-17-7-9-18(10-8-17)26-14-16-5-3-2-4-6-16/h2-10,15H,11-14H2,1H3,(H,21,24)(H,22,25)/p+1/t15-/m1/s1. The zero-order valence-corrected chi connectivity index (χ0v) is 14.8. The molecule has 2 atom stereocenters. The smallest absolute Gasteiger partial charge is 0.282 e. The first-order valence-corrected chi connectivity index (χ1v) is 8.81. The molecule has 2 amide bonds. The fourth-order valence-corrected chi connectivity index (χ4v) is 2.90. The lowest BCUT2D eigenvalue weighted by Gasteiger charge is -2.28. The molecule has 0 aliphatic carbocycles. The van der Waals surface area contributed by atoms with E-state index in [1.807, 2.05) is 61.5 Å². The van der Waals surface area contributed by atoms with E-state index in [1.165, 1.54) is 0 Å². The summed E-state index contributed by atoms with van der Waals surface area (Å²) < 4.78 is 5.75. The summed E-state index contributed by atoms with van der Waals surface area (Å²) in [5, 5.41) is 5.69. The molecule has 1 unspecified atom stereocenters. The van der Waals surface area contributed by atoms with E-state index in [9.17, 15) is 9.59 Å². The summed E-state index contributed by atoms with van der Waals surface area (Å²) in [6.07, 6.45) is 0. The van der Waals surface area contributed by atoms with E-state index >= 15 is 0 Å². The van der Waals surface area contributed by atoms with Crippen LogP contribution in [0.4, 0.5) is 5.69 Å². The predicted molar refractivity (Wildman–Crippen MR) is 99.0 cm³/mol. The van der Waals surface area contributed by atoms with Gasteiger partial charge in [-0.2, -0.15) is 0 Å². The first-order chi connectivity index (χ1) is 12.6. The number of rotatable bonds is 6. The first kappa shape index (κ1) is 17.9. The van der Waals surface area contributed by atoms with Crippen molar-refractivity contribution in [1.82, 2.24) is 5.32 Å². The zero-order valence-electron chi connectivity index (χ0n) is 14.8. The number of hydrogen-bond acceptors (Lipinski definition) is 3. The largest absolute Gasteiger partial charge is 0.489 e. The molecule has 0 aromatic heterocycles. The maximum Gasteiger partial charge on any atom is 0.282 e. The lowest BCUT2D eigenvalue weighted by molar-refractivity contribution is -0.907. The van der Waals surface area contributed by atoms with E-state index in [0.29, 0.717) is 19.7 Å². The molecule has 0 saturated carbocycles. The van der Waals surface area contributed by atoms with E-state index in [-0.39, 0.29) is 17.9 Å². The van der Waals surface area contributed by atoms with Crippen molar-refractivity contribution in [2.45, 2.75) is 19.6 Å². The number of anilines is 1. The van der Waals surface area contributed by atoms with E-state index in [2.05, 4.69) is 10.6 Å². The molecule has 6 heteroatoms. The molecule has 3 N–H and O–H groups in total. The number of benzene rings is 2. The van der Waals surface area contributed by atoms with Crippen LogP contribution >= 0.6 is 0 Å². The zero-order chi connectivity index (χ0) is 18.4. The summed E-state index contributed by atoms with van der Waals surface area (Å²) in [6, 6.07) is 17.0. The van der Waals surface area contributed by atoms with Crippen molar-refractivity contribution < 1.29 is 19.2 Å². The molecule has 0 spiro atoms. The van der Waals surface area contributed by atoms with Crippen LogP contribution in [0.5, 0.6) is 5.75 Å². The highest BCUT2D eigenvalue weighted by atomic mass is 16.5. The van der Waals surface area contributed by atoms with Gasteiger partial charge in [0.05, 0.1) is 13.1 Å². The highest BCUT2D eigenvalue weighted by Gasteiger charge is 2.29. The van der Waals surface area contributed by atoms with Crippen molar-refractivity contribution >= 4 is 17.5 Å². The van der Waals surface area contributed by atoms with Crippen molar-refractivity contribution in [2.75, 3.05) is 25.0 Å². The van der Waals surface area contributed by atoms with Crippen LogP contribution in [0.25, 0.3) is 0 Å². The average molecular weight is 354 g/mol. The van der Waals surface area contributed by atoms with Crippen molar-refractivity contribution in [3.05, 3.63) is 60.2 Å². The minimum absolute atomic E-state index is 0.00850. The summed E-state index contributed by atoms with van der Waals surface area (Å²) in [7, 11) is 0. The third-order valence-electron chi connectivity index (χ3n) is 4.53. The minimum Gasteiger partial charge on any atom is -0.489 e. The van der Waals surface area contributed by atoms with Crippen LogP contribution in [0.15, 0.2) is 54.6 Å². The molecule has 1 fully saturated rings.